The van der Waals surface area contributed by atoms with Crippen LogP contribution in [0.1, 0.15) is 43.1 Å². The molecule has 4 nitrogen and oxygen atoms in total. The number of amides is 1. The van der Waals surface area contributed by atoms with Gasteiger partial charge in [-0.25, -0.2) is 4.39 Å². The smallest absolute Gasteiger partial charge is 0.267 e. The zero-order valence-electron chi connectivity index (χ0n) is 16.8. The summed E-state index contributed by atoms with van der Waals surface area (Å²) in [6.07, 6.45) is 5.08. The SMILES string of the molecule is CC1CCCC(NCCNC(=O)c2cc3ccc(-c4ccc(F)cc4)cc3[nH]2)C1. The molecule has 29 heavy (non-hydrogen) atoms. The first-order valence-corrected chi connectivity index (χ1v) is 10.5. The molecule has 0 bridgehead atoms. The molecule has 2 aromatic carbocycles. The Balaban J connectivity index is 1.35. The third kappa shape index (κ3) is 4.85. The molecule has 0 aliphatic heterocycles. The molecule has 3 aromatic rings. The number of benzene rings is 2. The number of aromatic nitrogens is 1. The third-order valence-corrected chi connectivity index (χ3v) is 5.82. The van der Waals surface area contributed by atoms with Gasteiger partial charge in [-0.15, -0.1) is 0 Å². The second-order valence-electron chi connectivity index (χ2n) is 8.17. The standard InChI is InChI=1S/C24H28FN3O/c1-16-3-2-4-21(13-16)26-11-12-27-24(29)23-15-19-6-5-18(14-22(19)28-23)17-7-9-20(25)10-8-17/h5-10,14-16,21,26,28H,2-4,11-13H2,1H3,(H,27,29). The van der Waals surface area contributed by atoms with Gasteiger partial charge in [0.15, 0.2) is 0 Å². The lowest BCUT2D eigenvalue weighted by atomic mass is 9.87. The van der Waals surface area contributed by atoms with E-state index in [4.69, 9.17) is 0 Å². The molecule has 1 aliphatic carbocycles. The van der Waals surface area contributed by atoms with Gasteiger partial charge in [0, 0.05) is 30.0 Å². The Bertz CT molecular complexity index is 979. The van der Waals surface area contributed by atoms with Crippen LogP contribution in [0.25, 0.3) is 22.0 Å². The molecule has 1 aromatic heterocycles. The van der Waals surface area contributed by atoms with Crippen molar-refractivity contribution in [1.29, 1.82) is 0 Å². The Labute approximate surface area is 170 Å². The van der Waals surface area contributed by atoms with E-state index in [-0.39, 0.29) is 11.7 Å². The summed E-state index contributed by atoms with van der Waals surface area (Å²) >= 11 is 0. The van der Waals surface area contributed by atoms with Crippen LogP contribution in [-0.4, -0.2) is 30.0 Å². The maximum Gasteiger partial charge on any atom is 0.267 e. The summed E-state index contributed by atoms with van der Waals surface area (Å²) in [5.74, 6) is 0.450. The lowest BCUT2D eigenvalue weighted by Gasteiger charge is -2.27. The minimum absolute atomic E-state index is 0.0941. The number of hydrogen-bond acceptors (Lipinski definition) is 2. The molecular weight excluding hydrogens is 365 g/mol. The number of H-pyrrole nitrogens is 1. The lowest BCUT2D eigenvalue weighted by molar-refractivity contribution is 0.0949. The van der Waals surface area contributed by atoms with Gasteiger partial charge in [-0.1, -0.05) is 44.0 Å². The molecule has 2 atom stereocenters. The van der Waals surface area contributed by atoms with Gasteiger partial charge in [0.25, 0.3) is 5.91 Å². The molecule has 2 unspecified atom stereocenters. The molecule has 1 aliphatic rings. The number of carbonyl (C=O) groups excluding carboxylic acids is 1. The van der Waals surface area contributed by atoms with E-state index in [2.05, 4.69) is 22.5 Å². The lowest BCUT2D eigenvalue weighted by Crippen LogP contribution is -2.39. The molecule has 3 N–H and O–H groups in total. The van der Waals surface area contributed by atoms with Crippen molar-refractivity contribution in [3.8, 4) is 11.1 Å². The van der Waals surface area contributed by atoms with Crippen molar-refractivity contribution in [2.45, 2.75) is 38.6 Å². The van der Waals surface area contributed by atoms with E-state index < -0.39 is 0 Å². The minimum atomic E-state index is -0.249. The van der Waals surface area contributed by atoms with Gasteiger partial charge < -0.3 is 15.6 Å². The second kappa shape index (κ2) is 8.78. The van der Waals surface area contributed by atoms with Gasteiger partial charge in [0.2, 0.25) is 0 Å². The van der Waals surface area contributed by atoms with Gasteiger partial charge in [-0.2, -0.15) is 0 Å². The fourth-order valence-corrected chi connectivity index (χ4v) is 4.24. The summed E-state index contributed by atoms with van der Waals surface area (Å²) in [7, 11) is 0. The van der Waals surface area contributed by atoms with Gasteiger partial charge in [0.1, 0.15) is 11.5 Å². The van der Waals surface area contributed by atoms with Gasteiger partial charge >= 0.3 is 0 Å². The molecular formula is C24H28FN3O. The highest BCUT2D eigenvalue weighted by Crippen LogP contribution is 2.25. The molecule has 1 heterocycles. The Morgan fingerprint density at radius 3 is 2.66 bits per heavy atom. The predicted molar refractivity (Wildman–Crippen MR) is 115 cm³/mol. The molecule has 1 amide bonds. The number of halogens is 1. The van der Waals surface area contributed by atoms with E-state index in [1.807, 2.05) is 24.3 Å². The molecule has 0 spiro atoms. The maximum absolute atomic E-state index is 13.1. The van der Waals surface area contributed by atoms with Crippen LogP contribution in [0.4, 0.5) is 4.39 Å². The molecule has 5 heteroatoms. The van der Waals surface area contributed by atoms with Crippen LogP contribution in [0.15, 0.2) is 48.5 Å². The van der Waals surface area contributed by atoms with Crippen LogP contribution >= 0.6 is 0 Å². The van der Waals surface area contributed by atoms with Crippen LogP contribution < -0.4 is 10.6 Å². The molecule has 152 valence electrons. The summed E-state index contributed by atoms with van der Waals surface area (Å²) < 4.78 is 13.1. The average Bonchev–Trinajstić information content (AvgIpc) is 3.15. The quantitative estimate of drug-likeness (QED) is 0.523. The summed E-state index contributed by atoms with van der Waals surface area (Å²) in [6.45, 7) is 3.71. The number of nitrogens with one attached hydrogen (secondary N) is 3. The maximum atomic E-state index is 13.1. The van der Waals surface area contributed by atoms with E-state index in [0.29, 0.717) is 18.3 Å². The fraction of sp³-hybridized carbons (Fsp3) is 0.375. The highest BCUT2D eigenvalue weighted by atomic mass is 19.1. The Morgan fingerprint density at radius 1 is 1.07 bits per heavy atom. The molecule has 1 saturated carbocycles. The van der Waals surface area contributed by atoms with Crippen molar-refractivity contribution in [2.75, 3.05) is 13.1 Å². The predicted octanol–water partition coefficient (Wildman–Crippen LogP) is 4.87. The van der Waals surface area contributed by atoms with Crippen molar-refractivity contribution < 1.29 is 9.18 Å². The van der Waals surface area contributed by atoms with E-state index in [1.54, 1.807) is 12.1 Å². The fourth-order valence-electron chi connectivity index (χ4n) is 4.24. The highest BCUT2D eigenvalue weighted by molar-refractivity contribution is 5.98. The first-order chi connectivity index (χ1) is 14.1. The van der Waals surface area contributed by atoms with Crippen molar-refractivity contribution in [1.82, 2.24) is 15.6 Å². The normalized spacial score (nSPS) is 19.4. The van der Waals surface area contributed by atoms with Gasteiger partial charge in [-0.05, 0) is 54.2 Å². The van der Waals surface area contributed by atoms with Crippen molar-refractivity contribution in [3.63, 3.8) is 0 Å². The summed E-state index contributed by atoms with van der Waals surface area (Å²) in [4.78, 5) is 15.7. The molecule has 0 saturated heterocycles. The third-order valence-electron chi connectivity index (χ3n) is 5.82. The summed E-state index contributed by atoms with van der Waals surface area (Å²) in [5.41, 5.74) is 3.38. The molecule has 4 rings (SSSR count). The number of hydrogen-bond donors (Lipinski definition) is 3. The minimum Gasteiger partial charge on any atom is -0.351 e. The Hall–Kier alpha value is -2.66. The Kier molecular flexibility index (Phi) is 5.95. The van der Waals surface area contributed by atoms with Crippen molar-refractivity contribution in [3.05, 3.63) is 60.0 Å². The second-order valence-corrected chi connectivity index (χ2v) is 8.17. The largest absolute Gasteiger partial charge is 0.351 e. The van der Waals surface area contributed by atoms with E-state index in [9.17, 15) is 9.18 Å². The first-order valence-electron chi connectivity index (χ1n) is 10.5. The van der Waals surface area contributed by atoms with Crippen molar-refractivity contribution >= 4 is 16.8 Å². The summed E-state index contributed by atoms with van der Waals surface area (Å²) in [6, 6.07) is 14.8. The van der Waals surface area contributed by atoms with Crippen molar-refractivity contribution in [2.24, 2.45) is 5.92 Å². The average molecular weight is 394 g/mol. The van der Waals surface area contributed by atoms with Crippen LogP contribution in [0.3, 0.4) is 0 Å². The van der Waals surface area contributed by atoms with Gasteiger partial charge in [-0.3, -0.25) is 4.79 Å². The van der Waals surface area contributed by atoms with E-state index in [1.165, 1.54) is 37.8 Å². The number of carbonyl (C=O) groups is 1. The van der Waals surface area contributed by atoms with Crippen LogP contribution in [0.5, 0.6) is 0 Å². The van der Waals surface area contributed by atoms with E-state index in [0.717, 1.165) is 34.5 Å². The van der Waals surface area contributed by atoms with Crippen LogP contribution in [0, 0.1) is 11.7 Å². The zero-order valence-corrected chi connectivity index (χ0v) is 16.8. The van der Waals surface area contributed by atoms with E-state index >= 15 is 0 Å². The number of fused-ring (bicyclic) bond motifs is 1. The highest BCUT2D eigenvalue weighted by Gasteiger charge is 2.18. The van der Waals surface area contributed by atoms with Crippen LogP contribution in [-0.2, 0) is 0 Å². The monoisotopic (exact) mass is 393 g/mol. The van der Waals surface area contributed by atoms with Crippen LogP contribution in [0.2, 0.25) is 0 Å². The molecule has 0 radical (unpaired) electrons. The number of aromatic amines is 1. The van der Waals surface area contributed by atoms with Gasteiger partial charge in [0.05, 0.1) is 0 Å². The first kappa shape index (κ1) is 19.6. The summed E-state index contributed by atoms with van der Waals surface area (Å²) in [5, 5.41) is 7.53. The molecule has 1 fully saturated rings. The Morgan fingerprint density at radius 2 is 1.86 bits per heavy atom. The number of rotatable bonds is 6. The topological polar surface area (TPSA) is 56.9 Å². The zero-order chi connectivity index (χ0) is 20.2.